The van der Waals surface area contributed by atoms with Crippen LogP contribution < -0.4 is 10.0 Å². The molecule has 1 fully saturated rings. The van der Waals surface area contributed by atoms with E-state index in [4.69, 9.17) is 4.74 Å². The van der Waals surface area contributed by atoms with Gasteiger partial charge in [0.1, 0.15) is 0 Å². The monoisotopic (exact) mass is 336 g/mol. The van der Waals surface area contributed by atoms with Gasteiger partial charge in [0.25, 0.3) is 10.2 Å². The molecule has 10 heteroatoms. The van der Waals surface area contributed by atoms with E-state index in [0.717, 1.165) is 10.7 Å². The van der Waals surface area contributed by atoms with Gasteiger partial charge in [-0.15, -0.1) is 0 Å². The Morgan fingerprint density at radius 3 is 2.59 bits per heavy atom. The lowest BCUT2D eigenvalue weighted by Gasteiger charge is -2.31. The summed E-state index contributed by atoms with van der Waals surface area (Å²) in [6.07, 6.45) is 1.44. The maximum Gasteiger partial charge on any atom is 0.317 e. The van der Waals surface area contributed by atoms with E-state index in [-0.39, 0.29) is 31.0 Å². The van der Waals surface area contributed by atoms with E-state index in [0.29, 0.717) is 19.5 Å². The van der Waals surface area contributed by atoms with Crippen LogP contribution in [0, 0.1) is 5.92 Å². The zero-order chi connectivity index (χ0) is 16.8. The lowest BCUT2D eigenvalue weighted by Crippen LogP contribution is -2.49. The van der Waals surface area contributed by atoms with Gasteiger partial charge in [-0.25, -0.2) is 9.52 Å². The Labute approximate surface area is 131 Å². The Balaban J connectivity index is 2.35. The number of likely N-dealkylation sites (tertiary alicyclic amines) is 1. The van der Waals surface area contributed by atoms with Crippen molar-refractivity contribution in [3.05, 3.63) is 0 Å². The summed E-state index contributed by atoms with van der Waals surface area (Å²) in [5, 5.41) is 2.63. The third-order valence-corrected chi connectivity index (χ3v) is 4.94. The van der Waals surface area contributed by atoms with Crippen molar-refractivity contribution in [2.24, 2.45) is 5.92 Å². The second kappa shape index (κ2) is 8.30. The number of nitrogens with zero attached hydrogens (tertiary/aromatic N) is 2. The normalized spacial score (nSPS) is 19.1. The van der Waals surface area contributed by atoms with Gasteiger partial charge < -0.3 is 15.0 Å². The Bertz CT molecular complexity index is 494. The van der Waals surface area contributed by atoms with Crippen LogP contribution in [0.15, 0.2) is 0 Å². The molecule has 1 saturated heterocycles. The summed E-state index contributed by atoms with van der Waals surface area (Å²) in [4.78, 5) is 25.0. The largest absolute Gasteiger partial charge is 0.469 e. The molecule has 1 heterocycles. The van der Waals surface area contributed by atoms with Crippen LogP contribution in [0.5, 0.6) is 0 Å². The zero-order valence-corrected chi connectivity index (χ0v) is 14.0. The fourth-order valence-corrected chi connectivity index (χ4v) is 2.73. The number of piperidine rings is 1. The first-order chi connectivity index (χ1) is 10.3. The van der Waals surface area contributed by atoms with Crippen molar-refractivity contribution >= 4 is 22.2 Å². The van der Waals surface area contributed by atoms with E-state index in [9.17, 15) is 18.0 Å². The molecular formula is C12H24N4O5S. The van der Waals surface area contributed by atoms with Gasteiger partial charge in [0, 0.05) is 40.3 Å². The van der Waals surface area contributed by atoms with Gasteiger partial charge >= 0.3 is 12.0 Å². The molecule has 0 spiro atoms. The lowest BCUT2D eigenvalue weighted by molar-refractivity contribution is -0.146. The molecule has 1 aliphatic rings. The van der Waals surface area contributed by atoms with E-state index in [2.05, 4.69) is 10.0 Å². The van der Waals surface area contributed by atoms with Crippen LogP contribution >= 0.6 is 0 Å². The molecule has 0 radical (unpaired) electrons. The number of rotatable bonds is 6. The first-order valence-electron chi connectivity index (χ1n) is 7.05. The fraction of sp³-hybridized carbons (Fsp3) is 0.833. The van der Waals surface area contributed by atoms with Gasteiger partial charge in [-0.1, -0.05) is 0 Å². The topological polar surface area (TPSA) is 108 Å². The highest BCUT2D eigenvalue weighted by molar-refractivity contribution is 7.87. The number of carbonyl (C=O) groups excluding carboxylic acids is 2. The van der Waals surface area contributed by atoms with Gasteiger partial charge in [0.2, 0.25) is 0 Å². The quantitative estimate of drug-likeness (QED) is 0.477. The molecule has 2 amide bonds. The van der Waals surface area contributed by atoms with Crippen molar-refractivity contribution in [3.8, 4) is 0 Å². The third kappa shape index (κ3) is 5.43. The number of ether oxygens (including phenoxy) is 1. The molecule has 0 aliphatic carbocycles. The second-order valence-corrected chi connectivity index (χ2v) is 7.19. The molecule has 1 aliphatic heterocycles. The summed E-state index contributed by atoms with van der Waals surface area (Å²) >= 11 is 0. The molecule has 0 bridgehead atoms. The Hall–Kier alpha value is -1.39. The molecule has 0 aromatic carbocycles. The number of amides is 2. The number of urea groups is 1. The van der Waals surface area contributed by atoms with Crippen LogP contribution in [-0.4, -0.2) is 77.0 Å². The van der Waals surface area contributed by atoms with Crippen molar-refractivity contribution in [3.63, 3.8) is 0 Å². The summed E-state index contributed by atoms with van der Waals surface area (Å²) in [5.41, 5.74) is 0. The summed E-state index contributed by atoms with van der Waals surface area (Å²) in [6.45, 7) is 1.16. The standard InChI is InChI=1S/C12H24N4O5S/c1-15(2)22(19,20)14-7-6-13-12(18)16-8-4-5-10(9-16)11(17)21-3/h10,14H,4-9H2,1-3H3,(H,13,18)/t10-/m0/s1. The molecular weight excluding hydrogens is 312 g/mol. The molecule has 1 atom stereocenters. The Kier molecular flexibility index (Phi) is 7.04. The average molecular weight is 336 g/mol. The van der Waals surface area contributed by atoms with Crippen molar-refractivity contribution in [1.29, 1.82) is 0 Å². The minimum Gasteiger partial charge on any atom is -0.469 e. The van der Waals surface area contributed by atoms with Crippen LogP contribution in [0.1, 0.15) is 12.8 Å². The Morgan fingerprint density at radius 1 is 1.32 bits per heavy atom. The predicted molar refractivity (Wildman–Crippen MR) is 80.3 cm³/mol. The number of hydrogen-bond acceptors (Lipinski definition) is 5. The molecule has 128 valence electrons. The van der Waals surface area contributed by atoms with Crippen LogP contribution in [0.2, 0.25) is 0 Å². The number of methoxy groups -OCH3 is 1. The second-order valence-electron chi connectivity index (χ2n) is 5.22. The minimum atomic E-state index is -3.49. The SMILES string of the molecule is COC(=O)[C@H]1CCCN(C(=O)NCCNS(=O)(=O)N(C)C)C1. The van der Waals surface area contributed by atoms with Gasteiger partial charge in [-0.05, 0) is 12.8 Å². The highest BCUT2D eigenvalue weighted by atomic mass is 32.2. The van der Waals surface area contributed by atoms with Crippen molar-refractivity contribution in [1.82, 2.24) is 19.2 Å². The van der Waals surface area contributed by atoms with Gasteiger partial charge in [-0.2, -0.15) is 12.7 Å². The van der Waals surface area contributed by atoms with Crippen molar-refractivity contribution in [2.45, 2.75) is 12.8 Å². The van der Waals surface area contributed by atoms with Crippen LogP contribution in [0.25, 0.3) is 0 Å². The lowest BCUT2D eigenvalue weighted by atomic mass is 9.98. The molecule has 0 unspecified atom stereocenters. The molecule has 0 saturated carbocycles. The zero-order valence-electron chi connectivity index (χ0n) is 13.2. The fourth-order valence-electron chi connectivity index (χ4n) is 2.11. The highest BCUT2D eigenvalue weighted by Crippen LogP contribution is 2.17. The van der Waals surface area contributed by atoms with E-state index in [1.165, 1.54) is 21.2 Å². The molecule has 1 rings (SSSR count). The summed E-state index contributed by atoms with van der Waals surface area (Å²) < 4.78 is 31.0. The summed E-state index contributed by atoms with van der Waals surface area (Å²) in [5.74, 6) is -0.604. The molecule has 0 aromatic rings. The summed E-state index contributed by atoms with van der Waals surface area (Å²) in [6, 6.07) is -0.308. The number of carbonyl (C=O) groups is 2. The van der Waals surface area contributed by atoms with E-state index >= 15 is 0 Å². The smallest absolute Gasteiger partial charge is 0.317 e. The first-order valence-corrected chi connectivity index (χ1v) is 8.49. The summed E-state index contributed by atoms with van der Waals surface area (Å²) in [7, 11) is 0.681. The predicted octanol–water partition coefficient (Wildman–Crippen LogP) is -1.02. The van der Waals surface area contributed by atoms with Crippen LogP contribution in [-0.2, 0) is 19.7 Å². The molecule has 2 N–H and O–H groups in total. The van der Waals surface area contributed by atoms with E-state index in [1.807, 2.05) is 0 Å². The molecule has 22 heavy (non-hydrogen) atoms. The average Bonchev–Trinajstić information content (AvgIpc) is 2.50. The van der Waals surface area contributed by atoms with Crippen molar-refractivity contribution < 1.29 is 22.7 Å². The van der Waals surface area contributed by atoms with Gasteiger partial charge in [0.15, 0.2) is 0 Å². The third-order valence-electron chi connectivity index (χ3n) is 3.41. The van der Waals surface area contributed by atoms with Crippen molar-refractivity contribution in [2.75, 3.05) is 47.4 Å². The Morgan fingerprint density at radius 2 is 2.00 bits per heavy atom. The molecule has 0 aromatic heterocycles. The van der Waals surface area contributed by atoms with Crippen LogP contribution in [0.4, 0.5) is 4.79 Å². The van der Waals surface area contributed by atoms with E-state index < -0.39 is 10.2 Å². The van der Waals surface area contributed by atoms with E-state index in [1.54, 1.807) is 4.90 Å². The van der Waals surface area contributed by atoms with Crippen LogP contribution in [0.3, 0.4) is 0 Å². The van der Waals surface area contributed by atoms with Gasteiger partial charge in [0.05, 0.1) is 13.0 Å². The minimum absolute atomic E-state index is 0.0977. The van der Waals surface area contributed by atoms with Gasteiger partial charge in [-0.3, -0.25) is 4.79 Å². The molecule has 9 nitrogen and oxygen atoms in total. The number of hydrogen-bond donors (Lipinski definition) is 2. The number of nitrogens with one attached hydrogen (secondary N) is 2. The maximum absolute atomic E-state index is 12.0. The highest BCUT2D eigenvalue weighted by Gasteiger charge is 2.28. The first kappa shape index (κ1) is 18.7. The number of esters is 1. The maximum atomic E-state index is 12.0.